The van der Waals surface area contributed by atoms with E-state index in [0.29, 0.717) is 11.3 Å². The molecule has 1 aliphatic carbocycles. The van der Waals surface area contributed by atoms with Crippen LogP contribution in [-0.2, 0) is 10.3 Å². The van der Waals surface area contributed by atoms with Gasteiger partial charge in [0.1, 0.15) is 0 Å². The zero-order valence-corrected chi connectivity index (χ0v) is 18.2. The Morgan fingerprint density at radius 1 is 0.667 bits per heavy atom. The maximum atomic E-state index is 11.3. The minimum Gasteiger partial charge on any atom is -0.355 e. The van der Waals surface area contributed by atoms with Gasteiger partial charge in [-0.15, -0.1) is 0 Å². The van der Waals surface area contributed by atoms with Gasteiger partial charge in [-0.05, 0) is 78.4 Å². The van der Waals surface area contributed by atoms with Gasteiger partial charge in [0.05, 0.1) is 27.6 Å². The van der Waals surface area contributed by atoms with Gasteiger partial charge in [0.15, 0.2) is 0 Å². The fraction of sp³-hybridized carbons (Fsp3) is 0.0385. The van der Waals surface area contributed by atoms with E-state index < -0.39 is 10.3 Å². The van der Waals surface area contributed by atoms with Gasteiger partial charge in [0.25, 0.3) is 0 Å². The molecule has 3 aromatic heterocycles. The molecule has 0 radical (unpaired) electrons. The smallest absolute Gasteiger partial charge is 0.217 e. The molecular formula is C26H18N4O2S. The molecule has 7 heteroatoms. The molecule has 33 heavy (non-hydrogen) atoms. The molecule has 0 unspecified atom stereocenters. The van der Waals surface area contributed by atoms with Crippen molar-refractivity contribution in [3.05, 3.63) is 89.0 Å². The van der Waals surface area contributed by atoms with Crippen LogP contribution < -0.4 is 0 Å². The molecule has 8 bridgehead atoms. The second-order valence-corrected chi connectivity index (χ2v) is 8.98. The number of nitrogens with one attached hydrogen (secondary N) is 2. The molecule has 0 fully saturated rings. The normalized spacial score (nSPS) is 14.5. The predicted molar refractivity (Wildman–Crippen MR) is 135 cm³/mol. The van der Waals surface area contributed by atoms with Gasteiger partial charge in [-0.3, -0.25) is 0 Å². The summed E-state index contributed by atoms with van der Waals surface area (Å²) in [4.78, 5) is 16.6. The van der Waals surface area contributed by atoms with Crippen molar-refractivity contribution in [2.75, 3.05) is 0 Å². The average Bonchev–Trinajstić information content (AvgIpc) is 3.59. The molecule has 2 N–H and O–H groups in total. The Morgan fingerprint density at radius 3 is 2.00 bits per heavy atom. The van der Waals surface area contributed by atoms with Crippen LogP contribution in [0.1, 0.15) is 34.8 Å². The van der Waals surface area contributed by atoms with E-state index in [-0.39, 0.29) is 0 Å². The van der Waals surface area contributed by atoms with E-state index in [4.69, 9.17) is 4.98 Å². The van der Waals surface area contributed by atoms with Gasteiger partial charge in [-0.1, -0.05) is 12.2 Å². The summed E-state index contributed by atoms with van der Waals surface area (Å²) < 4.78 is 22.6. The molecule has 3 aromatic rings. The highest BCUT2D eigenvalue weighted by atomic mass is 32.2. The van der Waals surface area contributed by atoms with Crippen LogP contribution in [0.25, 0.3) is 51.9 Å². The Balaban J connectivity index is 1.61. The molecule has 0 aromatic carbocycles. The third-order valence-electron chi connectivity index (χ3n) is 5.67. The highest BCUT2D eigenvalue weighted by Crippen LogP contribution is 2.27. The Kier molecular flexibility index (Phi) is 4.55. The number of aromatic nitrogens is 4. The topological polar surface area (TPSA) is 91.5 Å². The molecule has 3 aliphatic rings. The summed E-state index contributed by atoms with van der Waals surface area (Å²) in [5.41, 5.74) is 9.15. The highest BCUT2D eigenvalue weighted by Gasteiger charge is 2.11. The Bertz CT molecular complexity index is 1740. The summed E-state index contributed by atoms with van der Waals surface area (Å²) in [6.07, 6.45) is 13.7. The number of rotatable bonds is 1. The summed E-state index contributed by atoms with van der Waals surface area (Å²) >= 11 is 0. The molecule has 6 rings (SSSR count). The first kappa shape index (κ1) is 19.5. The highest BCUT2D eigenvalue weighted by molar-refractivity contribution is 7.73. The predicted octanol–water partition coefficient (Wildman–Crippen LogP) is 5.05. The Hall–Kier alpha value is -4.23. The average molecular weight is 451 g/mol. The van der Waals surface area contributed by atoms with Crippen LogP contribution in [0, 0.1) is 0 Å². The van der Waals surface area contributed by atoms with Gasteiger partial charge >= 0.3 is 0 Å². The van der Waals surface area contributed by atoms with E-state index in [9.17, 15) is 8.42 Å². The summed E-state index contributed by atoms with van der Waals surface area (Å²) in [6, 6.07) is 14.1. The lowest BCUT2D eigenvalue weighted by atomic mass is 10.0. The van der Waals surface area contributed by atoms with Gasteiger partial charge < -0.3 is 9.97 Å². The van der Waals surface area contributed by atoms with Crippen LogP contribution >= 0.6 is 0 Å². The zero-order chi connectivity index (χ0) is 22.4. The summed E-state index contributed by atoms with van der Waals surface area (Å²) in [5, 5.41) is 0. The maximum Gasteiger partial charge on any atom is 0.217 e. The first-order chi connectivity index (χ1) is 16.1. The molecule has 5 heterocycles. The van der Waals surface area contributed by atoms with Gasteiger partial charge in [-0.25, -0.2) is 9.97 Å². The number of aromatic amines is 2. The van der Waals surface area contributed by atoms with Crippen LogP contribution in [0.3, 0.4) is 0 Å². The molecule has 2 aliphatic heterocycles. The fourth-order valence-electron chi connectivity index (χ4n) is 4.11. The third kappa shape index (κ3) is 3.90. The minimum atomic E-state index is -2.20. The first-order valence-corrected chi connectivity index (χ1v) is 11.6. The largest absolute Gasteiger partial charge is 0.355 e. The van der Waals surface area contributed by atoms with E-state index in [1.165, 1.54) is 0 Å². The quantitative estimate of drug-likeness (QED) is 0.350. The van der Waals surface area contributed by atoms with E-state index in [2.05, 4.69) is 21.0 Å². The van der Waals surface area contributed by atoms with E-state index in [1.54, 1.807) is 6.08 Å². The molecule has 0 atom stereocenters. The molecular weight excluding hydrogens is 432 g/mol. The van der Waals surface area contributed by atoms with Crippen molar-refractivity contribution >= 4 is 67.1 Å². The van der Waals surface area contributed by atoms with Crippen LogP contribution in [-0.4, -0.2) is 33.2 Å². The van der Waals surface area contributed by atoms with Crippen molar-refractivity contribution < 1.29 is 8.42 Å². The van der Waals surface area contributed by atoms with Gasteiger partial charge in [-0.2, -0.15) is 8.42 Å². The lowest BCUT2D eigenvalue weighted by Gasteiger charge is -2.05. The maximum absolute atomic E-state index is 11.3. The van der Waals surface area contributed by atoms with Crippen molar-refractivity contribution in [3.8, 4) is 0 Å². The SMILES string of the molecule is O=S(=O)=C1C=CC(c2cc3cc4ccc(cc5nc(cc6nc(cc2[nH]3)C=C6)C=C5)[nH]4)=CC1. The Morgan fingerprint density at radius 2 is 1.33 bits per heavy atom. The second-order valence-electron chi connectivity index (χ2n) is 7.99. The number of allylic oxidation sites excluding steroid dienone is 4. The zero-order valence-electron chi connectivity index (χ0n) is 17.4. The van der Waals surface area contributed by atoms with Crippen molar-refractivity contribution in [3.63, 3.8) is 0 Å². The fourth-order valence-corrected chi connectivity index (χ4v) is 4.51. The van der Waals surface area contributed by atoms with Gasteiger partial charge in [0.2, 0.25) is 10.3 Å². The van der Waals surface area contributed by atoms with E-state index in [0.717, 1.165) is 56.0 Å². The van der Waals surface area contributed by atoms with Crippen molar-refractivity contribution in [2.45, 2.75) is 6.42 Å². The summed E-state index contributed by atoms with van der Waals surface area (Å²) in [5.74, 6) is 0. The molecule has 0 amide bonds. The second kappa shape index (κ2) is 7.72. The standard InChI is InChI=1S/C26H18N4O2S/c31-33(32)24-9-1-16(2-10-24)25-14-23-13-21-6-5-19(28-21)11-17-3-4-18(27-17)12-20-7-8-22(29-20)15-26(25)30-23/h1-9,11-15,28,30H,10H2. The lowest BCUT2D eigenvalue weighted by molar-refractivity contribution is 0.627. The third-order valence-corrected chi connectivity index (χ3v) is 6.40. The van der Waals surface area contributed by atoms with Crippen LogP contribution in [0.5, 0.6) is 0 Å². The number of hydrogen-bond acceptors (Lipinski definition) is 4. The van der Waals surface area contributed by atoms with Crippen LogP contribution in [0.2, 0.25) is 0 Å². The molecule has 6 nitrogen and oxygen atoms in total. The minimum absolute atomic E-state index is 0.379. The molecule has 160 valence electrons. The number of H-pyrrole nitrogens is 2. The van der Waals surface area contributed by atoms with E-state index >= 15 is 0 Å². The van der Waals surface area contributed by atoms with Crippen molar-refractivity contribution in [1.29, 1.82) is 0 Å². The number of nitrogens with zero attached hydrogens (tertiary/aromatic N) is 2. The summed E-state index contributed by atoms with van der Waals surface area (Å²) in [7, 11) is -2.20. The Labute approximate surface area is 190 Å². The molecule has 0 saturated carbocycles. The van der Waals surface area contributed by atoms with Crippen LogP contribution in [0.4, 0.5) is 0 Å². The summed E-state index contributed by atoms with van der Waals surface area (Å²) in [6.45, 7) is 0. The molecule has 0 saturated heterocycles. The monoisotopic (exact) mass is 450 g/mol. The van der Waals surface area contributed by atoms with Gasteiger partial charge in [0, 0.05) is 34.1 Å². The lowest BCUT2D eigenvalue weighted by Crippen LogP contribution is -1.98. The number of hydrogen-bond donors (Lipinski definition) is 2. The number of fused-ring (bicyclic) bond motifs is 8. The van der Waals surface area contributed by atoms with Crippen LogP contribution in [0.15, 0.2) is 60.7 Å². The molecule has 0 spiro atoms. The van der Waals surface area contributed by atoms with Crippen molar-refractivity contribution in [2.24, 2.45) is 0 Å². The van der Waals surface area contributed by atoms with Crippen molar-refractivity contribution in [1.82, 2.24) is 19.9 Å². The first-order valence-electron chi connectivity index (χ1n) is 10.5. The van der Waals surface area contributed by atoms with E-state index in [1.807, 2.05) is 72.9 Å².